The Hall–Kier alpha value is -2.49. The molecule has 4 nitrogen and oxygen atoms in total. The van der Waals surface area contributed by atoms with E-state index < -0.39 is 6.10 Å². The molecule has 4 heteroatoms. The molecule has 1 amide bonds. The van der Waals surface area contributed by atoms with Gasteiger partial charge in [0.15, 0.2) is 6.10 Å². The van der Waals surface area contributed by atoms with Crippen molar-refractivity contribution in [3.05, 3.63) is 54.6 Å². The average molecular weight is 313 g/mol. The number of ether oxygens (including phenoxy) is 2. The van der Waals surface area contributed by atoms with E-state index in [-0.39, 0.29) is 5.91 Å². The number of benzene rings is 2. The number of hydrogen-bond acceptors (Lipinski definition) is 3. The monoisotopic (exact) mass is 313 g/mol. The summed E-state index contributed by atoms with van der Waals surface area (Å²) in [6, 6.07) is 16.6. The zero-order chi connectivity index (χ0) is 16.7. The summed E-state index contributed by atoms with van der Waals surface area (Å²) in [4.78, 5) is 12.1. The molecule has 0 aliphatic carbocycles. The van der Waals surface area contributed by atoms with Crippen LogP contribution in [0.25, 0.3) is 0 Å². The van der Waals surface area contributed by atoms with Crippen LogP contribution in [0.3, 0.4) is 0 Å². The van der Waals surface area contributed by atoms with Crippen molar-refractivity contribution in [2.24, 2.45) is 5.92 Å². The number of para-hydroxylation sites is 1. The Morgan fingerprint density at radius 2 is 1.61 bits per heavy atom. The Morgan fingerprint density at radius 1 is 0.957 bits per heavy atom. The van der Waals surface area contributed by atoms with Crippen molar-refractivity contribution in [3.8, 4) is 11.5 Å². The Labute approximate surface area is 137 Å². The van der Waals surface area contributed by atoms with E-state index in [1.807, 2.05) is 54.6 Å². The molecule has 1 N–H and O–H groups in total. The molecule has 0 radical (unpaired) electrons. The van der Waals surface area contributed by atoms with Crippen LogP contribution in [0, 0.1) is 5.92 Å². The highest BCUT2D eigenvalue weighted by molar-refractivity contribution is 5.94. The first-order valence-corrected chi connectivity index (χ1v) is 7.80. The van der Waals surface area contributed by atoms with E-state index in [1.165, 1.54) is 0 Å². The molecule has 0 fully saturated rings. The number of rotatable bonds is 7. The van der Waals surface area contributed by atoms with Gasteiger partial charge >= 0.3 is 0 Å². The van der Waals surface area contributed by atoms with Gasteiger partial charge in [0, 0.05) is 5.69 Å². The van der Waals surface area contributed by atoms with Crippen molar-refractivity contribution in [2.45, 2.75) is 26.9 Å². The molecule has 2 aromatic carbocycles. The van der Waals surface area contributed by atoms with E-state index in [0.29, 0.717) is 18.3 Å². The van der Waals surface area contributed by atoms with Gasteiger partial charge in [-0.1, -0.05) is 32.0 Å². The van der Waals surface area contributed by atoms with E-state index in [2.05, 4.69) is 19.2 Å². The van der Waals surface area contributed by atoms with Crippen LogP contribution in [-0.4, -0.2) is 18.6 Å². The van der Waals surface area contributed by atoms with E-state index in [9.17, 15) is 4.79 Å². The third kappa shape index (κ3) is 5.66. The smallest absolute Gasteiger partial charge is 0.265 e. The molecule has 0 aliphatic rings. The zero-order valence-electron chi connectivity index (χ0n) is 13.8. The van der Waals surface area contributed by atoms with E-state index in [4.69, 9.17) is 9.47 Å². The summed E-state index contributed by atoms with van der Waals surface area (Å²) >= 11 is 0. The SMILES string of the molecule is CC(C)COc1ccc(NC(=O)C(C)Oc2ccccc2)cc1. The number of nitrogens with one attached hydrogen (secondary N) is 1. The summed E-state index contributed by atoms with van der Waals surface area (Å²) in [6.45, 7) is 6.60. The Morgan fingerprint density at radius 3 is 2.22 bits per heavy atom. The minimum Gasteiger partial charge on any atom is -0.493 e. The van der Waals surface area contributed by atoms with Gasteiger partial charge in [0.1, 0.15) is 11.5 Å². The molecule has 1 unspecified atom stereocenters. The van der Waals surface area contributed by atoms with Crippen LogP contribution in [0.5, 0.6) is 11.5 Å². The second-order valence-electron chi connectivity index (χ2n) is 5.79. The van der Waals surface area contributed by atoms with Crippen LogP contribution in [0.2, 0.25) is 0 Å². The number of carbonyl (C=O) groups is 1. The molecular formula is C19H23NO3. The van der Waals surface area contributed by atoms with Gasteiger partial charge in [0.2, 0.25) is 0 Å². The molecule has 23 heavy (non-hydrogen) atoms. The van der Waals surface area contributed by atoms with Crippen LogP contribution >= 0.6 is 0 Å². The normalized spacial score (nSPS) is 11.8. The third-order valence-corrected chi connectivity index (χ3v) is 3.13. The maximum atomic E-state index is 12.1. The van der Waals surface area contributed by atoms with Crippen LogP contribution in [0.4, 0.5) is 5.69 Å². The topological polar surface area (TPSA) is 47.6 Å². The van der Waals surface area contributed by atoms with Gasteiger partial charge in [0.05, 0.1) is 6.61 Å². The van der Waals surface area contributed by atoms with Crippen LogP contribution in [0.1, 0.15) is 20.8 Å². The summed E-state index contributed by atoms with van der Waals surface area (Å²) in [7, 11) is 0. The quantitative estimate of drug-likeness (QED) is 0.836. The fourth-order valence-electron chi connectivity index (χ4n) is 1.90. The minimum absolute atomic E-state index is 0.190. The first-order chi connectivity index (χ1) is 11.0. The number of hydrogen-bond donors (Lipinski definition) is 1. The molecule has 0 aliphatic heterocycles. The first-order valence-electron chi connectivity index (χ1n) is 7.80. The van der Waals surface area contributed by atoms with Crippen molar-refractivity contribution in [1.82, 2.24) is 0 Å². The molecule has 2 rings (SSSR count). The predicted molar refractivity (Wildman–Crippen MR) is 91.9 cm³/mol. The van der Waals surface area contributed by atoms with Gasteiger partial charge < -0.3 is 14.8 Å². The summed E-state index contributed by atoms with van der Waals surface area (Å²) in [5.41, 5.74) is 0.718. The lowest BCUT2D eigenvalue weighted by Gasteiger charge is -2.15. The molecule has 2 aromatic rings. The lowest BCUT2D eigenvalue weighted by molar-refractivity contribution is -0.122. The third-order valence-electron chi connectivity index (χ3n) is 3.13. The fourth-order valence-corrected chi connectivity index (χ4v) is 1.90. The minimum atomic E-state index is -0.575. The van der Waals surface area contributed by atoms with E-state index in [1.54, 1.807) is 6.92 Å². The maximum absolute atomic E-state index is 12.1. The highest BCUT2D eigenvalue weighted by Gasteiger charge is 2.14. The highest BCUT2D eigenvalue weighted by Crippen LogP contribution is 2.17. The summed E-state index contributed by atoms with van der Waals surface area (Å²) < 4.78 is 11.2. The molecule has 0 heterocycles. The highest BCUT2D eigenvalue weighted by atomic mass is 16.5. The second kappa shape index (κ2) is 8.22. The molecule has 0 aromatic heterocycles. The molecular weight excluding hydrogens is 290 g/mol. The number of anilines is 1. The van der Waals surface area contributed by atoms with Crippen LogP contribution < -0.4 is 14.8 Å². The standard InChI is InChI=1S/C19H23NO3/c1-14(2)13-22-17-11-9-16(10-12-17)20-19(21)15(3)23-18-7-5-4-6-8-18/h4-12,14-15H,13H2,1-3H3,(H,20,21). The first kappa shape index (κ1) is 16.9. The molecule has 0 spiro atoms. The zero-order valence-corrected chi connectivity index (χ0v) is 13.8. The van der Waals surface area contributed by atoms with Gasteiger partial charge in [-0.25, -0.2) is 0 Å². The van der Waals surface area contributed by atoms with Crippen LogP contribution in [-0.2, 0) is 4.79 Å². The largest absolute Gasteiger partial charge is 0.493 e. The van der Waals surface area contributed by atoms with Crippen LogP contribution in [0.15, 0.2) is 54.6 Å². The van der Waals surface area contributed by atoms with Crippen molar-refractivity contribution >= 4 is 11.6 Å². The summed E-state index contributed by atoms with van der Waals surface area (Å²) in [5, 5.41) is 2.83. The Kier molecular flexibility index (Phi) is 6.03. The number of carbonyl (C=O) groups excluding carboxylic acids is 1. The molecule has 0 saturated heterocycles. The molecule has 0 bridgehead atoms. The summed E-state index contributed by atoms with van der Waals surface area (Å²) in [6.07, 6.45) is -0.575. The Bertz CT molecular complexity index is 608. The fraction of sp³-hybridized carbons (Fsp3) is 0.316. The number of amides is 1. The van der Waals surface area contributed by atoms with Crippen molar-refractivity contribution in [1.29, 1.82) is 0 Å². The van der Waals surface area contributed by atoms with Gasteiger partial charge in [0.25, 0.3) is 5.91 Å². The van der Waals surface area contributed by atoms with E-state index in [0.717, 1.165) is 11.4 Å². The maximum Gasteiger partial charge on any atom is 0.265 e. The van der Waals surface area contributed by atoms with E-state index >= 15 is 0 Å². The molecule has 122 valence electrons. The van der Waals surface area contributed by atoms with Gasteiger partial charge in [-0.2, -0.15) is 0 Å². The predicted octanol–water partition coefficient (Wildman–Crippen LogP) is 4.13. The van der Waals surface area contributed by atoms with Crippen molar-refractivity contribution in [2.75, 3.05) is 11.9 Å². The second-order valence-corrected chi connectivity index (χ2v) is 5.79. The van der Waals surface area contributed by atoms with Crippen molar-refractivity contribution < 1.29 is 14.3 Å². The average Bonchev–Trinajstić information content (AvgIpc) is 2.55. The van der Waals surface area contributed by atoms with Gasteiger partial charge in [-0.3, -0.25) is 4.79 Å². The molecule has 0 saturated carbocycles. The Balaban J connectivity index is 1.87. The molecule has 1 atom stereocenters. The van der Waals surface area contributed by atoms with Gasteiger partial charge in [-0.05, 0) is 49.2 Å². The van der Waals surface area contributed by atoms with Gasteiger partial charge in [-0.15, -0.1) is 0 Å². The lowest BCUT2D eigenvalue weighted by atomic mass is 10.2. The van der Waals surface area contributed by atoms with Crippen molar-refractivity contribution in [3.63, 3.8) is 0 Å². The lowest BCUT2D eigenvalue weighted by Crippen LogP contribution is -2.30. The summed E-state index contributed by atoms with van der Waals surface area (Å²) in [5.74, 6) is 1.76.